The molecule has 0 fully saturated rings. The third kappa shape index (κ3) is 3.89. The third-order valence-electron chi connectivity index (χ3n) is 5.72. The Bertz CT molecular complexity index is 1450. The highest BCUT2D eigenvalue weighted by Crippen LogP contribution is 2.35. The number of hydrogen-bond acceptors (Lipinski definition) is 2. The van der Waals surface area contributed by atoms with E-state index in [1.807, 2.05) is 73.1 Å². The first-order valence-corrected chi connectivity index (χ1v) is 10.5. The highest BCUT2D eigenvalue weighted by atomic mass is 19.4. The van der Waals surface area contributed by atoms with Crippen molar-refractivity contribution in [1.82, 2.24) is 14.5 Å². The third-order valence-corrected chi connectivity index (χ3v) is 5.72. The minimum Gasteiger partial charge on any atom is -0.328 e. The normalized spacial score (nSPS) is 11.8. The molecular formula is C27H20F3N3. The van der Waals surface area contributed by atoms with Crippen LogP contribution in [0.4, 0.5) is 13.2 Å². The molecule has 0 unspecified atom stereocenters. The highest BCUT2D eigenvalue weighted by molar-refractivity contribution is 5.96. The summed E-state index contributed by atoms with van der Waals surface area (Å²) in [6.07, 6.45) is -4.39. The van der Waals surface area contributed by atoms with Crippen LogP contribution < -0.4 is 0 Å². The number of hydrogen-bond donors (Lipinski definition) is 0. The average Bonchev–Trinajstić information content (AvgIpc) is 3.15. The number of alkyl halides is 3. The number of halogens is 3. The number of aromatic nitrogens is 3. The lowest BCUT2D eigenvalue weighted by Gasteiger charge is -2.10. The molecule has 33 heavy (non-hydrogen) atoms. The van der Waals surface area contributed by atoms with Gasteiger partial charge in [0, 0.05) is 23.6 Å². The van der Waals surface area contributed by atoms with Gasteiger partial charge in [0.2, 0.25) is 0 Å². The van der Waals surface area contributed by atoms with E-state index in [0.29, 0.717) is 11.4 Å². The zero-order valence-electron chi connectivity index (χ0n) is 18.1. The predicted molar refractivity (Wildman–Crippen MR) is 125 cm³/mol. The van der Waals surface area contributed by atoms with Gasteiger partial charge in [-0.25, -0.2) is 9.97 Å². The molecule has 0 bridgehead atoms. The summed E-state index contributed by atoms with van der Waals surface area (Å²) in [6.45, 7) is 2.01. The molecule has 5 rings (SSSR count). The Labute approximate surface area is 189 Å². The first-order chi connectivity index (χ1) is 15.8. The van der Waals surface area contributed by atoms with Crippen LogP contribution in [0.15, 0.2) is 84.9 Å². The molecule has 0 spiro atoms. The van der Waals surface area contributed by atoms with Crippen molar-refractivity contribution in [3.8, 4) is 33.9 Å². The lowest BCUT2D eigenvalue weighted by molar-refractivity contribution is -0.137. The Morgan fingerprint density at radius 3 is 2.09 bits per heavy atom. The fourth-order valence-electron chi connectivity index (χ4n) is 4.03. The number of nitrogens with zero attached hydrogens (tertiary/aromatic N) is 3. The van der Waals surface area contributed by atoms with Gasteiger partial charge in [0.25, 0.3) is 0 Å². The Hall–Kier alpha value is -3.93. The Morgan fingerprint density at radius 1 is 0.727 bits per heavy atom. The van der Waals surface area contributed by atoms with Crippen molar-refractivity contribution in [2.75, 3.05) is 0 Å². The van der Waals surface area contributed by atoms with E-state index in [1.165, 1.54) is 12.1 Å². The minimum absolute atomic E-state index is 0.383. The molecule has 3 nitrogen and oxygen atoms in total. The lowest BCUT2D eigenvalue weighted by atomic mass is 10.0. The van der Waals surface area contributed by atoms with Gasteiger partial charge in [-0.3, -0.25) is 0 Å². The van der Waals surface area contributed by atoms with Gasteiger partial charge in [-0.2, -0.15) is 13.2 Å². The molecule has 5 aromatic rings. The molecule has 0 saturated heterocycles. The molecule has 2 aromatic heterocycles. The molecule has 164 valence electrons. The van der Waals surface area contributed by atoms with Gasteiger partial charge in [-0.15, -0.1) is 0 Å². The average molecular weight is 443 g/mol. The fraction of sp³-hybridized carbons (Fsp3) is 0.111. The first-order valence-electron chi connectivity index (χ1n) is 10.5. The number of aryl methyl sites for hydroxylation is 2. The molecule has 3 aromatic carbocycles. The maximum Gasteiger partial charge on any atom is 0.416 e. The Balaban J connectivity index is 1.75. The van der Waals surface area contributed by atoms with Gasteiger partial charge in [0.1, 0.15) is 5.65 Å². The first kappa shape index (κ1) is 20.9. The summed E-state index contributed by atoms with van der Waals surface area (Å²) in [5, 5.41) is 0.887. The summed E-state index contributed by atoms with van der Waals surface area (Å²) in [4.78, 5) is 9.58. The maximum atomic E-state index is 13.0. The summed E-state index contributed by atoms with van der Waals surface area (Å²) in [5.41, 5.74) is 5.35. The zero-order chi connectivity index (χ0) is 23.2. The number of rotatable bonds is 3. The van der Waals surface area contributed by atoms with E-state index in [4.69, 9.17) is 9.97 Å². The van der Waals surface area contributed by atoms with E-state index in [2.05, 4.69) is 6.07 Å². The van der Waals surface area contributed by atoms with Crippen molar-refractivity contribution in [1.29, 1.82) is 0 Å². The number of benzene rings is 3. The van der Waals surface area contributed by atoms with Crippen LogP contribution in [0.2, 0.25) is 0 Å². The second-order valence-electron chi connectivity index (χ2n) is 8.03. The van der Waals surface area contributed by atoms with E-state index in [0.717, 1.165) is 51.2 Å². The van der Waals surface area contributed by atoms with E-state index >= 15 is 0 Å². The summed E-state index contributed by atoms with van der Waals surface area (Å²) < 4.78 is 41.1. The van der Waals surface area contributed by atoms with Gasteiger partial charge >= 0.3 is 6.18 Å². The maximum absolute atomic E-state index is 13.0. The van der Waals surface area contributed by atoms with Crippen LogP contribution in [0, 0.1) is 6.92 Å². The van der Waals surface area contributed by atoms with Crippen LogP contribution in [0.1, 0.15) is 11.1 Å². The van der Waals surface area contributed by atoms with Gasteiger partial charge in [-0.1, -0.05) is 66.2 Å². The second-order valence-corrected chi connectivity index (χ2v) is 8.03. The largest absolute Gasteiger partial charge is 0.416 e. The van der Waals surface area contributed by atoms with E-state index in [-0.39, 0.29) is 0 Å². The van der Waals surface area contributed by atoms with Crippen molar-refractivity contribution >= 4 is 11.0 Å². The molecule has 0 aliphatic heterocycles. The smallest absolute Gasteiger partial charge is 0.328 e. The van der Waals surface area contributed by atoms with Crippen LogP contribution in [-0.4, -0.2) is 14.5 Å². The summed E-state index contributed by atoms with van der Waals surface area (Å²) in [7, 11) is 1.94. The Kier molecular flexibility index (Phi) is 5.01. The predicted octanol–water partition coefficient (Wildman–Crippen LogP) is 7.30. The zero-order valence-corrected chi connectivity index (χ0v) is 18.1. The van der Waals surface area contributed by atoms with Gasteiger partial charge in [0.15, 0.2) is 5.82 Å². The molecule has 0 saturated carbocycles. The van der Waals surface area contributed by atoms with E-state index in [1.54, 1.807) is 0 Å². The molecule has 2 heterocycles. The van der Waals surface area contributed by atoms with Crippen molar-refractivity contribution in [2.24, 2.45) is 7.05 Å². The molecule has 0 N–H and O–H groups in total. The van der Waals surface area contributed by atoms with Crippen molar-refractivity contribution in [3.05, 3.63) is 96.1 Å². The van der Waals surface area contributed by atoms with E-state index < -0.39 is 11.7 Å². The topological polar surface area (TPSA) is 30.7 Å². The summed E-state index contributed by atoms with van der Waals surface area (Å²) in [5.74, 6) is 0.383. The molecule has 0 aliphatic rings. The molecule has 0 atom stereocenters. The molecule has 0 aliphatic carbocycles. The molecule has 0 amide bonds. The molecule has 0 radical (unpaired) electrons. The lowest BCUT2D eigenvalue weighted by Crippen LogP contribution is -2.04. The highest BCUT2D eigenvalue weighted by Gasteiger charge is 2.30. The van der Waals surface area contributed by atoms with E-state index in [9.17, 15) is 13.2 Å². The molecular weight excluding hydrogens is 423 g/mol. The van der Waals surface area contributed by atoms with Crippen LogP contribution in [0.3, 0.4) is 0 Å². The van der Waals surface area contributed by atoms with Crippen LogP contribution in [0.5, 0.6) is 0 Å². The quantitative estimate of drug-likeness (QED) is 0.293. The van der Waals surface area contributed by atoms with Gasteiger partial charge in [-0.05, 0) is 36.8 Å². The van der Waals surface area contributed by atoms with Gasteiger partial charge in [0.05, 0.1) is 17.0 Å². The summed E-state index contributed by atoms with van der Waals surface area (Å²) >= 11 is 0. The number of fused-ring (bicyclic) bond motifs is 1. The van der Waals surface area contributed by atoms with Crippen molar-refractivity contribution in [3.63, 3.8) is 0 Å². The fourth-order valence-corrected chi connectivity index (χ4v) is 4.03. The van der Waals surface area contributed by atoms with Crippen LogP contribution in [-0.2, 0) is 13.2 Å². The van der Waals surface area contributed by atoms with Crippen molar-refractivity contribution < 1.29 is 13.2 Å². The SMILES string of the molecule is Cc1cccc(-c2nc(-c3ccc(C(F)(F)F)cc3)nc3c2cc(-c2ccccc2)n3C)c1. The molecule has 6 heteroatoms. The summed E-state index contributed by atoms with van der Waals surface area (Å²) in [6, 6.07) is 25.1. The van der Waals surface area contributed by atoms with Crippen LogP contribution >= 0.6 is 0 Å². The minimum atomic E-state index is -4.39. The monoisotopic (exact) mass is 443 g/mol. The standard InChI is InChI=1S/C27H20F3N3/c1-17-7-6-10-20(15-17)24-22-16-23(18-8-4-3-5-9-18)33(2)26(22)32-25(31-24)19-11-13-21(14-12-19)27(28,29)30/h3-16H,1-2H3. The van der Waals surface area contributed by atoms with Crippen molar-refractivity contribution in [2.45, 2.75) is 13.1 Å². The second kappa shape index (κ2) is 7.89. The Morgan fingerprint density at radius 2 is 1.42 bits per heavy atom. The van der Waals surface area contributed by atoms with Gasteiger partial charge < -0.3 is 4.57 Å². The van der Waals surface area contributed by atoms with Crippen LogP contribution in [0.25, 0.3) is 44.9 Å².